The van der Waals surface area contributed by atoms with Crippen molar-refractivity contribution in [1.82, 2.24) is 16.0 Å². The van der Waals surface area contributed by atoms with Gasteiger partial charge < -0.3 is 30.5 Å². The highest BCUT2D eigenvalue weighted by Crippen LogP contribution is 2.11. The van der Waals surface area contributed by atoms with Gasteiger partial charge in [-0.15, -0.1) is 0 Å². The molecule has 1 aromatic rings. The van der Waals surface area contributed by atoms with Gasteiger partial charge >= 0.3 is 6.09 Å². The van der Waals surface area contributed by atoms with Crippen LogP contribution in [0, 0.1) is 11.8 Å². The van der Waals surface area contributed by atoms with Crippen molar-refractivity contribution in [3.63, 3.8) is 0 Å². The molecule has 0 saturated heterocycles. The Morgan fingerprint density at radius 1 is 0.865 bits per heavy atom. The number of alkyl carbamates (subject to hydrolysis) is 1. The van der Waals surface area contributed by atoms with Crippen LogP contribution in [0.4, 0.5) is 4.79 Å². The monoisotopic (exact) mass is 521 g/mol. The van der Waals surface area contributed by atoms with Crippen molar-refractivity contribution in [2.75, 3.05) is 13.2 Å². The van der Waals surface area contributed by atoms with Gasteiger partial charge in [-0.1, -0.05) is 58.0 Å². The number of amides is 3. The second-order valence-electron chi connectivity index (χ2n) is 11.4. The largest absolute Gasteiger partial charge is 0.444 e. The summed E-state index contributed by atoms with van der Waals surface area (Å²) in [5, 5.41) is 18.8. The van der Waals surface area contributed by atoms with E-state index in [9.17, 15) is 19.5 Å². The first kappa shape index (κ1) is 32.4. The van der Waals surface area contributed by atoms with E-state index in [2.05, 4.69) is 16.0 Å². The van der Waals surface area contributed by atoms with E-state index in [0.717, 1.165) is 5.56 Å². The molecule has 9 heteroatoms. The maximum Gasteiger partial charge on any atom is 0.408 e. The number of benzene rings is 1. The maximum absolute atomic E-state index is 13.1. The van der Waals surface area contributed by atoms with Crippen LogP contribution >= 0.6 is 0 Å². The molecular weight excluding hydrogens is 474 g/mol. The lowest BCUT2D eigenvalue weighted by atomic mass is 9.99. The van der Waals surface area contributed by atoms with Gasteiger partial charge in [-0.05, 0) is 51.5 Å². The number of ether oxygens (including phenoxy) is 2. The molecular formula is C28H47N3O6. The Balaban J connectivity index is 2.87. The third-order valence-corrected chi connectivity index (χ3v) is 5.30. The summed E-state index contributed by atoms with van der Waals surface area (Å²) >= 11 is 0. The van der Waals surface area contributed by atoms with Gasteiger partial charge in [-0.3, -0.25) is 9.59 Å². The minimum absolute atomic E-state index is 0.107. The van der Waals surface area contributed by atoms with Crippen molar-refractivity contribution in [2.24, 2.45) is 11.8 Å². The number of aliphatic hydroxyl groups is 1. The van der Waals surface area contributed by atoms with E-state index in [0.29, 0.717) is 18.9 Å². The van der Waals surface area contributed by atoms with Crippen LogP contribution in [-0.2, 0) is 25.5 Å². The molecule has 0 aliphatic heterocycles. The van der Waals surface area contributed by atoms with E-state index < -0.39 is 47.7 Å². The molecule has 1 aromatic carbocycles. The molecule has 0 spiro atoms. The molecule has 0 radical (unpaired) electrons. The lowest BCUT2D eigenvalue weighted by Crippen LogP contribution is -2.56. The molecule has 4 N–H and O–H groups in total. The zero-order chi connectivity index (χ0) is 28.2. The van der Waals surface area contributed by atoms with Crippen LogP contribution in [0.5, 0.6) is 0 Å². The lowest BCUT2D eigenvalue weighted by molar-refractivity contribution is -0.130. The molecule has 0 aliphatic carbocycles. The van der Waals surface area contributed by atoms with Crippen molar-refractivity contribution in [3.8, 4) is 0 Å². The summed E-state index contributed by atoms with van der Waals surface area (Å²) in [5.41, 5.74) is 0.119. The molecule has 37 heavy (non-hydrogen) atoms. The highest BCUT2D eigenvalue weighted by molar-refractivity contribution is 5.91. The highest BCUT2D eigenvalue weighted by Gasteiger charge is 2.29. The Morgan fingerprint density at radius 3 is 2.03 bits per heavy atom. The minimum Gasteiger partial charge on any atom is -0.444 e. The second kappa shape index (κ2) is 15.6. The molecule has 0 aromatic heterocycles. The highest BCUT2D eigenvalue weighted by atomic mass is 16.6. The van der Waals surface area contributed by atoms with Crippen LogP contribution in [0.3, 0.4) is 0 Å². The van der Waals surface area contributed by atoms with Gasteiger partial charge in [0.15, 0.2) is 0 Å². The normalized spacial score (nSPS) is 15.0. The molecule has 0 bridgehead atoms. The van der Waals surface area contributed by atoms with Gasteiger partial charge in [0.25, 0.3) is 0 Å². The van der Waals surface area contributed by atoms with Crippen LogP contribution in [0.15, 0.2) is 30.3 Å². The first-order valence-electron chi connectivity index (χ1n) is 13.1. The zero-order valence-corrected chi connectivity index (χ0v) is 23.7. The molecule has 4 atom stereocenters. The average Bonchev–Trinajstić information content (AvgIpc) is 2.76. The summed E-state index contributed by atoms with van der Waals surface area (Å²) in [6, 6.07) is 6.89. The third kappa shape index (κ3) is 14.0. The standard InChI is InChI=1S/C28H47N3O6/c1-18(2)14-22(24(32)17-36-16-19(3)4)30-25(33)20(5)29-26(34)23(15-21-12-10-9-11-13-21)31-27(35)37-28(6,7)8/h9-13,18-20,22-24,32H,14-17H2,1-8H3,(H,29,34)(H,30,33)(H,31,35)/t20-,22+,23-,24+/m0/s1. The van der Waals surface area contributed by atoms with Crippen molar-refractivity contribution < 1.29 is 29.0 Å². The summed E-state index contributed by atoms with van der Waals surface area (Å²) in [5.74, 6) is -0.391. The fourth-order valence-corrected chi connectivity index (χ4v) is 3.56. The first-order chi connectivity index (χ1) is 17.2. The van der Waals surface area contributed by atoms with Crippen molar-refractivity contribution >= 4 is 17.9 Å². The average molecular weight is 522 g/mol. The van der Waals surface area contributed by atoms with E-state index in [4.69, 9.17) is 9.47 Å². The predicted molar refractivity (Wildman–Crippen MR) is 144 cm³/mol. The Labute approximate surface area is 222 Å². The van der Waals surface area contributed by atoms with Gasteiger partial charge in [0, 0.05) is 13.0 Å². The van der Waals surface area contributed by atoms with Crippen molar-refractivity contribution in [3.05, 3.63) is 35.9 Å². The van der Waals surface area contributed by atoms with E-state index in [1.807, 2.05) is 58.0 Å². The number of carbonyl (C=O) groups is 3. The SMILES string of the molecule is CC(C)COC[C@@H](O)[C@@H](CC(C)C)NC(=O)[C@H](C)NC(=O)[C@H](Cc1ccccc1)NC(=O)OC(C)(C)C. The fraction of sp³-hybridized carbons (Fsp3) is 0.679. The molecule has 1 rings (SSSR count). The van der Waals surface area contributed by atoms with Crippen LogP contribution in [0.2, 0.25) is 0 Å². The molecule has 0 heterocycles. The van der Waals surface area contributed by atoms with Crippen LogP contribution < -0.4 is 16.0 Å². The van der Waals surface area contributed by atoms with Crippen LogP contribution in [0.25, 0.3) is 0 Å². The van der Waals surface area contributed by atoms with Gasteiger partial charge in [0.2, 0.25) is 11.8 Å². The van der Waals surface area contributed by atoms with Gasteiger partial charge in [-0.25, -0.2) is 4.79 Å². The molecule has 0 aliphatic rings. The summed E-state index contributed by atoms with van der Waals surface area (Å²) < 4.78 is 10.9. The van der Waals surface area contributed by atoms with Gasteiger partial charge in [0.05, 0.1) is 18.8 Å². The Bertz CT molecular complexity index is 838. The number of hydrogen-bond acceptors (Lipinski definition) is 6. The van der Waals surface area contributed by atoms with Gasteiger partial charge in [0.1, 0.15) is 17.7 Å². The molecule has 210 valence electrons. The third-order valence-electron chi connectivity index (χ3n) is 5.30. The number of aliphatic hydroxyl groups excluding tert-OH is 1. The summed E-state index contributed by atoms with van der Waals surface area (Å²) in [6.07, 6.45) is -0.827. The van der Waals surface area contributed by atoms with E-state index in [1.54, 1.807) is 27.7 Å². The van der Waals surface area contributed by atoms with E-state index in [1.165, 1.54) is 0 Å². The maximum atomic E-state index is 13.1. The van der Waals surface area contributed by atoms with E-state index >= 15 is 0 Å². The smallest absolute Gasteiger partial charge is 0.408 e. The molecule has 9 nitrogen and oxygen atoms in total. The van der Waals surface area contributed by atoms with E-state index in [-0.39, 0.29) is 18.9 Å². The summed E-state index contributed by atoms with van der Waals surface area (Å²) in [7, 11) is 0. The number of hydrogen-bond donors (Lipinski definition) is 4. The number of carbonyl (C=O) groups excluding carboxylic acids is 3. The Morgan fingerprint density at radius 2 is 1.49 bits per heavy atom. The van der Waals surface area contributed by atoms with Gasteiger partial charge in [-0.2, -0.15) is 0 Å². The van der Waals surface area contributed by atoms with Crippen LogP contribution in [-0.4, -0.2) is 66.1 Å². The molecule has 0 unspecified atom stereocenters. The Kier molecular flexibility index (Phi) is 13.6. The van der Waals surface area contributed by atoms with Crippen molar-refractivity contribution in [1.29, 1.82) is 0 Å². The second-order valence-corrected chi connectivity index (χ2v) is 11.4. The number of nitrogens with one attached hydrogen (secondary N) is 3. The van der Waals surface area contributed by atoms with Crippen LogP contribution in [0.1, 0.15) is 67.4 Å². The predicted octanol–water partition coefficient (Wildman–Crippen LogP) is 3.19. The number of rotatable bonds is 14. The summed E-state index contributed by atoms with van der Waals surface area (Å²) in [4.78, 5) is 38.5. The lowest BCUT2D eigenvalue weighted by Gasteiger charge is -2.28. The minimum atomic E-state index is -0.950. The van der Waals surface area contributed by atoms with Crippen molar-refractivity contribution in [2.45, 2.75) is 98.1 Å². The first-order valence-corrected chi connectivity index (χ1v) is 13.1. The summed E-state index contributed by atoms with van der Waals surface area (Å²) in [6.45, 7) is 15.4. The molecule has 0 saturated carbocycles. The molecule has 3 amide bonds. The zero-order valence-electron chi connectivity index (χ0n) is 23.7. The Hall–Kier alpha value is -2.65. The topological polar surface area (TPSA) is 126 Å². The fourth-order valence-electron chi connectivity index (χ4n) is 3.56. The quantitative estimate of drug-likeness (QED) is 0.298. The molecule has 0 fully saturated rings.